The van der Waals surface area contributed by atoms with Crippen molar-refractivity contribution < 1.29 is 4.58 Å². The fourth-order valence-corrected chi connectivity index (χ4v) is 4.98. The molecule has 0 spiro atoms. The minimum Gasteiger partial charge on any atom is -0.236 e. The summed E-state index contributed by atoms with van der Waals surface area (Å²) in [6, 6.07) is 42.9. The maximum absolute atomic E-state index is 7.20. The second-order valence-corrected chi connectivity index (χ2v) is 8.55. The minimum atomic E-state index is 0.106. The van der Waals surface area contributed by atoms with Crippen LogP contribution < -0.4 is 0 Å². The van der Waals surface area contributed by atoms with E-state index in [0.29, 0.717) is 0 Å². The molecular formula is C29H26ClN2+. The van der Waals surface area contributed by atoms with Crippen LogP contribution in [0.3, 0.4) is 0 Å². The molecule has 0 bridgehead atoms. The molecule has 2 nitrogen and oxygen atoms in total. The smallest absolute Gasteiger partial charge is 0.236 e. The van der Waals surface area contributed by atoms with Crippen molar-refractivity contribution >= 4 is 16.9 Å². The van der Waals surface area contributed by atoms with Crippen LogP contribution >= 0.6 is 11.6 Å². The van der Waals surface area contributed by atoms with Gasteiger partial charge >= 0.3 is 5.29 Å². The zero-order valence-corrected chi connectivity index (χ0v) is 18.6. The Kier molecular flexibility index (Phi) is 6.04. The molecular weight excluding hydrogens is 412 g/mol. The number of hydrogen-bond acceptors (Lipinski definition) is 1. The van der Waals surface area contributed by atoms with E-state index >= 15 is 0 Å². The molecule has 158 valence electrons. The van der Waals surface area contributed by atoms with Crippen LogP contribution in [-0.4, -0.2) is 14.8 Å². The van der Waals surface area contributed by atoms with Gasteiger partial charge in [0, 0.05) is 22.7 Å². The highest BCUT2D eigenvalue weighted by molar-refractivity contribution is 6.63. The van der Waals surface area contributed by atoms with Crippen LogP contribution in [0.25, 0.3) is 0 Å². The van der Waals surface area contributed by atoms with Gasteiger partial charge in [-0.1, -0.05) is 121 Å². The summed E-state index contributed by atoms with van der Waals surface area (Å²) in [6.45, 7) is 1.52. The quantitative estimate of drug-likeness (QED) is 0.237. The van der Waals surface area contributed by atoms with Crippen LogP contribution in [0.5, 0.6) is 0 Å². The Bertz CT molecular complexity index is 1180. The number of amidine groups is 1. The average molecular weight is 438 g/mol. The highest BCUT2D eigenvalue weighted by Gasteiger charge is 2.48. The van der Waals surface area contributed by atoms with E-state index in [1.165, 1.54) is 22.3 Å². The first-order valence-corrected chi connectivity index (χ1v) is 11.4. The largest absolute Gasteiger partial charge is 0.346 e. The van der Waals surface area contributed by atoms with E-state index in [2.05, 4.69) is 131 Å². The first kappa shape index (κ1) is 20.5. The van der Waals surface area contributed by atoms with E-state index in [0.717, 1.165) is 18.4 Å². The lowest BCUT2D eigenvalue weighted by atomic mass is 9.92. The monoisotopic (exact) mass is 437 g/mol. The van der Waals surface area contributed by atoms with Crippen LogP contribution in [0, 0.1) is 0 Å². The van der Waals surface area contributed by atoms with Crippen LogP contribution in [0.2, 0.25) is 0 Å². The van der Waals surface area contributed by atoms with Gasteiger partial charge in [0.1, 0.15) is 13.1 Å². The van der Waals surface area contributed by atoms with Gasteiger partial charge in [-0.3, -0.25) is 0 Å². The van der Waals surface area contributed by atoms with Crippen molar-refractivity contribution in [3.8, 4) is 0 Å². The average Bonchev–Trinajstić information content (AvgIpc) is 3.12. The van der Waals surface area contributed by atoms with Gasteiger partial charge in [0.05, 0.1) is 0 Å². The van der Waals surface area contributed by atoms with Crippen molar-refractivity contribution in [3.63, 3.8) is 0 Å². The normalized spacial score (nSPS) is 18.2. The number of halogens is 1. The van der Waals surface area contributed by atoms with E-state index < -0.39 is 0 Å². The summed E-state index contributed by atoms with van der Waals surface area (Å²) in [5.74, 6) is 0. The number of nitrogens with zero attached hydrogens (tertiary/aromatic N) is 2. The van der Waals surface area contributed by atoms with Crippen molar-refractivity contribution in [1.82, 2.24) is 4.90 Å². The summed E-state index contributed by atoms with van der Waals surface area (Å²) >= 11 is 7.20. The second kappa shape index (κ2) is 9.42. The summed E-state index contributed by atoms with van der Waals surface area (Å²) in [7, 11) is 0. The maximum Gasteiger partial charge on any atom is 0.346 e. The third-order valence-corrected chi connectivity index (χ3v) is 6.55. The molecule has 0 saturated heterocycles. The number of benzene rings is 4. The molecule has 0 N–H and O–H groups in total. The van der Waals surface area contributed by atoms with Gasteiger partial charge in [-0.25, -0.2) is 9.48 Å². The number of hydrogen-bond donors (Lipinski definition) is 0. The van der Waals surface area contributed by atoms with E-state index in [-0.39, 0.29) is 12.1 Å². The third kappa shape index (κ3) is 4.19. The highest BCUT2D eigenvalue weighted by Crippen LogP contribution is 2.43. The van der Waals surface area contributed by atoms with Gasteiger partial charge in [0.15, 0.2) is 12.1 Å². The van der Waals surface area contributed by atoms with Gasteiger partial charge < -0.3 is 0 Å². The predicted molar refractivity (Wildman–Crippen MR) is 132 cm³/mol. The molecule has 32 heavy (non-hydrogen) atoms. The standard InChI is InChI=1S/C29H26ClN2/c30-29-31(21-23-13-5-1-6-14-23)27(25-17-9-3-10-18-25)28(26-19-11-4-12-20-26)32(29)22-24-15-7-2-8-16-24/h1-20,27-28H,21-22H2/q+1/t27-,28-/m0/s1. The van der Waals surface area contributed by atoms with Gasteiger partial charge in [0.25, 0.3) is 0 Å². The van der Waals surface area contributed by atoms with Gasteiger partial charge in [-0.15, -0.1) is 0 Å². The summed E-state index contributed by atoms with van der Waals surface area (Å²) in [6.07, 6.45) is 0. The SMILES string of the molecule is ClC1=[N+](Cc2ccccc2)[C@@H](c2ccccc2)[C@H](c2ccccc2)N1Cc1ccccc1. The number of rotatable bonds is 6. The fourth-order valence-electron chi connectivity index (χ4n) is 4.65. The Morgan fingerprint density at radius 1 is 0.594 bits per heavy atom. The molecule has 0 aliphatic carbocycles. The second-order valence-electron chi connectivity index (χ2n) is 8.21. The first-order chi connectivity index (χ1) is 15.8. The lowest BCUT2D eigenvalue weighted by Crippen LogP contribution is -2.28. The van der Waals surface area contributed by atoms with Crippen molar-refractivity contribution in [1.29, 1.82) is 0 Å². The van der Waals surface area contributed by atoms with Crippen molar-refractivity contribution in [2.45, 2.75) is 25.2 Å². The molecule has 0 unspecified atom stereocenters. The molecule has 0 radical (unpaired) electrons. The predicted octanol–water partition coefficient (Wildman–Crippen LogP) is 6.79. The lowest BCUT2D eigenvalue weighted by molar-refractivity contribution is -0.580. The Hall–Kier alpha value is -3.36. The molecule has 0 amide bonds. The molecule has 5 rings (SSSR count). The van der Waals surface area contributed by atoms with Crippen molar-refractivity contribution in [2.75, 3.05) is 0 Å². The van der Waals surface area contributed by atoms with E-state index in [4.69, 9.17) is 11.6 Å². The van der Waals surface area contributed by atoms with Gasteiger partial charge in [0.2, 0.25) is 0 Å². The minimum absolute atomic E-state index is 0.106. The van der Waals surface area contributed by atoms with Crippen LogP contribution in [0.4, 0.5) is 0 Å². The van der Waals surface area contributed by atoms with Crippen molar-refractivity contribution in [2.24, 2.45) is 0 Å². The molecule has 1 heterocycles. The molecule has 0 aromatic heterocycles. The molecule has 0 fully saturated rings. The molecule has 0 saturated carbocycles. The lowest BCUT2D eigenvalue weighted by Gasteiger charge is -2.24. The Morgan fingerprint density at radius 3 is 1.62 bits per heavy atom. The Balaban J connectivity index is 1.64. The zero-order chi connectivity index (χ0) is 21.8. The Labute approximate surface area is 195 Å². The zero-order valence-electron chi connectivity index (χ0n) is 17.9. The molecule has 4 aromatic carbocycles. The molecule has 1 aliphatic heterocycles. The van der Waals surface area contributed by atoms with Gasteiger partial charge in [-0.2, -0.15) is 0 Å². The first-order valence-electron chi connectivity index (χ1n) is 11.0. The molecule has 3 heteroatoms. The Morgan fingerprint density at radius 2 is 1.06 bits per heavy atom. The van der Waals surface area contributed by atoms with E-state index in [1.54, 1.807) is 0 Å². The maximum atomic E-state index is 7.20. The van der Waals surface area contributed by atoms with Crippen molar-refractivity contribution in [3.05, 3.63) is 144 Å². The van der Waals surface area contributed by atoms with Crippen LogP contribution in [-0.2, 0) is 13.1 Å². The summed E-state index contributed by atoms with van der Waals surface area (Å²) in [4.78, 5) is 2.35. The van der Waals surface area contributed by atoms with E-state index in [9.17, 15) is 0 Å². The molecule has 4 aromatic rings. The van der Waals surface area contributed by atoms with Gasteiger partial charge in [-0.05, 0) is 11.1 Å². The highest BCUT2D eigenvalue weighted by atomic mass is 35.5. The van der Waals surface area contributed by atoms with Crippen LogP contribution in [0.1, 0.15) is 34.3 Å². The summed E-state index contributed by atoms with van der Waals surface area (Å²) < 4.78 is 2.35. The summed E-state index contributed by atoms with van der Waals surface area (Å²) in [5, 5.41) is 0.792. The topological polar surface area (TPSA) is 6.25 Å². The summed E-state index contributed by atoms with van der Waals surface area (Å²) in [5.41, 5.74) is 5.04. The van der Waals surface area contributed by atoms with E-state index in [1.807, 2.05) is 0 Å². The molecule has 2 atom stereocenters. The fraction of sp³-hybridized carbons (Fsp3) is 0.138. The molecule has 1 aliphatic rings. The van der Waals surface area contributed by atoms with Crippen LogP contribution in [0.15, 0.2) is 121 Å². The third-order valence-electron chi connectivity index (χ3n) is 6.12.